The summed E-state index contributed by atoms with van der Waals surface area (Å²) in [5.74, 6) is 0.292. The lowest BCUT2D eigenvalue weighted by Gasteiger charge is -2.37. The molecule has 0 radical (unpaired) electrons. The molecule has 0 aromatic rings. The Morgan fingerprint density at radius 3 is 2.22 bits per heavy atom. The van der Waals surface area contributed by atoms with Crippen LogP contribution in [0.2, 0.25) is 0 Å². The van der Waals surface area contributed by atoms with E-state index in [0.29, 0.717) is 18.9 Å². The number of rotatable bonds is 8. The monoisotopic (exact) mass is 268 g/mol. The van der Waals surface area contributed by atoms with Gasteiger partial charge in [-0.3, -0.25) is 4.90 Å². The van der Waals surface area contributed by atoms with Crippen molar-refractivity contribution in [2.24, 2.45) is 5.92 Å². The standard InChI is InChI=1S/C12H23F3N2O/c1-3-6-17(8-12(13,14)15)7-11(9-18,16-2)10-4-5-10/h10,16,18H,3-9H2,1-2H3. The molecule has 0 amide bonds. The van der Waals surface area contributed by atoms with E-state index in [-0.39, 0.29) is 13.2 Å². The quantitative estimate of drug-likeness (QED) is 0.702. The van der Waals surface area contributed by atoms with Gasteiger partial charge in [-0.05, 0) is 38.8 Å². The summed E-state index contributed by atoms with van der Waals surface area (Å²) in [4.78, 5) is 1.39. The molecule has 0 aliphatic heterocycles. The lowest BCUT2D eigenvalue weighted by molar-refractivity contribution is -0.149. The van der Waals surface area contributed by atoms with Crippen molar-refractivity contribution in [3.05, 3.63) is 0 Å². The van der Waals surface area contributed by atoms with E-state index in [9.17, 15) is 18.3 Å². The zero-order valence-corrected chi connectivity index (χ0v) is 11.1. The number of nitrogens with zero attached hydrogens (tertiary/aromatic N) is 1. The molecule has 0 spiro atoms. The van der Waals surface area contributed by atoms with Crippen LogP contribution < -0.4 is 5.32 Å². The van der Waals surface area contributed by atoms with Crippen molar-refractivity contribution in [2.45, 2.75) is 37.9 Å². The minimum Gasteiger partial charge on any atom is -0.394 e. The molecule has 1 aliphatic carbocycles. The lowest BCUT2D eigenvalue weighted by Crippen LogP contribution is -2.57. The number of aliphatic hydroxyl groups excluding tert-OH is 1. The molecule has 6 heteroatoms. The van der Waals surface area contributed by atoms with Crippen LogP contribution in [-0.2, 0) is 0 Å². The van der Waals surface area contributed by atoms with Gasteiger partial charge in [0.15, 0.2) is 0 Å². The van der Waals surface area contributed by atoms with E-state index >= 15 is 0 Å². The van der Waals surface area contributed by atoms with Crippen molar-refractivity contribution < 1.29 is 18.3 Å². The Kier molecular flexibility index (Phi) is 5.43. The van der Waals surface area contributed by atoms with E-state index < -0.39 is 18.3 Å². The average Bonchev–Trinajstić information content (AvgIpc) is 3.08. The van der Waals surface area contributed by atoms with E-state index in [2.05, 4.69) is 5.32 Å². The fourth-order valence-electron chi connectivity index (χ4n) is 2.49. The number of halogens is 3. The summed E-state index contributed by atoms with van der Waals surface area (Å²) in [5.41, 5.74) is -0.583. The molecule has 1 saturated carbocycles. The van der Waals surface area contributed by atoms with E-state index in [1.165, 1.54) is 4.90 Å². The number of hydrogen-bond acceptors (Lipinski definition) is 3. The molecule has 0 bridgehead atoms. The topological polar surface area (TPSA) is 35.5 Å². The largest absolute Gasteiger partial charge is 0.401 e. The predicted molar refractivity (Wildman–Crippen MR) is 64.4 cm³/mol. The molecule has 1 rings (SSSR count). The van der Waals surface area contributed by atoms with Crippen LogP contribution in [0, 0.1) is 5.92 Å². The van der Waals surface area contributed by atoms with Gasteiger partial charge < -0.3 is 10.4 Å². The van der Waals surface area contributed by atoms with Gasteiger partial charge in [-0.15, -0.1) is 0 Å². The Hall–Kier alpha value is -0.330. The highest BCUT2D eigenvalue weighted by molar-refractivity contribution is 5.02. The normalized spacial score (nSPS) is 20.2. The van der Waals surface area contributed by atoms with Crippen molar-refractivity contribution in [2.75, 3.05) is 33.3 Å². The Morgan fingerprint density at radius 1 is 1.28 bits per heavy atom. The molecule has 108 valence electrons. The molecule has 1 fully saturated rings. The van der Waals surface area contributed by atoms with E-state index in [0.717, 1.165) is 12.8 Å². The SMILES string of the molecule is CCCN(CC(F)(F)F)CC(CO)(NC)C1CC1. The summed E-state index contributed by atoms with van der Waals surface area (Å²) in [7, 11) is 1.71. The molecule has 0 aromatic carbocycles. The first-order valence-corrected chi connectivity index (χ1v) is 6.45. The van der Waals surface area contributed by atoms with Gasteiger partial charge in [-0.2, -0.15) is 13.2 Å². The van der Waals surface area contributed by atoms with Gasteiger partial charge >= 0.3 is 6.18 Å². The Balaban J connectivity index is 2.67. The van der Waals surface area contributed by atoms with Crippen molar-refractivity contribution in [1.29, 1.82) is 0 Å². The summed E-state index contributed by atoms with van der Waals surface area (Å²) in [5, 5.41) is 12.6. The number of hydrogen-bond donors (Lipinski definition) is 2. The molecular formula is C12H23F3N2O. The minimum absolute atomic E-state index is 0.119. The third-order valence-electron chi connectivity index (χ3n) is 3.59. The zero-order valence-electron chi connectivity index (χ0n) is 11.1. The van der Waals surface area contributed by atoms with Crippen LogP contribution in [0.5, 0.6) is 0 Å². The molecule has 0 heterocycles. The van der Waals surface area contributed by atoms with Crippen molar-refractivity contribution >= 4 is 0 Å². The predicted octanol–water partition coefficient (Wildman–Crippen LogP) is 1.62. The molecule has 0 aromatic heterocycles. The van der Waals surface area contributed by atoms with Crippen LogP contribution in [0.15, 0.2) is 0 Å². The van der Waals surface area contributed by atoms with Gasteiger partial charge in [-0.1, -0.05) is 6.92 Å². The number of nitrogens with one attached hydrogen (secondary N) is 1. The fourth-order valence-corrected chi connectivity index (χ4v) is 2.49. The first-order chi connectivity index (χ1) is 8.37. The highest BCUT2D eigenvalue weighted by atomic mass is 19.4. The van der Waals surface area contributed by atoms with Crippen LogP contribution in [-0.4, -0.2) is 55.0 Å². The van der Waals surface area contributed by atoms with E-state index in [4.69, 9.17) is 0 Å². The summed E-state index contributed by atoms with van der Waals surface area (Å²) in [6.45, 7) is 1.48. The van der Waals surface area contributed by atoms with Gasteiger partial charge in [0.1, 0.15) is 0 Å². The second-order valence-corrected chi connectivity index (χ2v) is 5.16. The Labute approximate surface area is 106 Å². The van der Waals surface area contributed by atoms with E-state index in [1.54, 1.807) is 7.05 Å². The Morgan fingerprint density at radius 2 is 1.89 bits per heavy atom. The van der Waals surface area contributed by atoms with E-state index in [1.807, 2.05) is 6.92 Å². The maximum atomic E-state index is 12.5. The third kappa shape index (κ3) is 4.40. The Bertz CT molecular complexity index is 250. The van der Waals surface area contributed by atoms with Gasteiger partial charge in [0.05, 0.1) is 18.7 Å². The molecule has 1 atom stereocenters. The summed E-state index contributed by atoms with van der Waals surface area (Å²) in [6, 6.07) is 0. The maximum Gasteiger partial charge on any atom is 0.401 e. The smallest absolute Gasteiger partial charge is 0.394 e. The second kappa shape index (κ2) is 6.21. The zero-order chi connectivity index (χ0) is 13.8. The average molecular weight is 268 g/mol. The highest BCUT2D eigenvalue weighted by Gasteiger charge is 2.45. The third-order valence-corrected chi connectivity index (χ3v) is 3.59. The van der Waals surface area contributed by atoms with Crippen LogP contribution in [0.4, 0.5) is 13.2 Å². The molecule has 2 N–H and O–H groups in total. The van der Waals surface area contributed by atoms with Crippen molar-refractivity contribution in [1.82, 2.24) is 10.2 Å². The van der Waals surface area contributed by atoms with Crippen LogP contribution in [0.3, 0.4) is 0 Å². The van der Waals surface area contributed by atoms with Crippen molar-refractivity contribution in [3.8, 4) is 0 Å². The van der Waals surface area contributed by atoms with Crippen molar-refractivity contribution in [3.63, 3.8) is 0 Å². The molecule has 0 saturated heterocycles. The first kappa shape index (κ1) is 15.7. The second-order valence-electron chi connectivity index (χ2n) is 5.16. The number of alkyl halides is 3. The van der Waals surface area contributed by atoms with Crippen LogP contribution in [0.1, 0.15) is 26.2 Å². The van der Waals surface area contributed by atoms with Gasteiger partial charge in [0.2, 0.25) is 0 Å². The molecular weight excluding hydrogens is 245 g/mol. The molecule has 3 nitrogen and oxygen atoms in total. The van der Waals surface area contributed by atoms with Gasteiger partial charge in [0, 0.05) is 6.54 Å². The maximum absolute atomic E-state index is 12.5. The van der Waals surface area contributed by atoms with Gasteiger partial charge in [0.25, 0.3) is 0 Å². The van der Waals surface area contributed by atoms with Gasteiger partial charge in [-0.25, -0.2) is 0 Å². The highest BCUT2D eigenvalue weighted by Crippen LogP contribution is 2.40. The summed E-state index contributed by atoms with van der Waals surface area (Å²) < 4.78 is 37.5. The number of aliphatic hydroxyl groups is 1. The molecule has 1 aliphatic rings. The minimum atomic E-state index is -4.19. The van der Waals surface area contributed by atoms with Crippen LogP contribution in [0.25, 0.3) is 0 Å². The fraction of sp³-hybridized carbons (Fsp3) is 1.00. The first-order valence-electron chi connectivity index (χ1n) is 6.45. The van der Waals surface area contributed by atoms with Crippen LogP contribution >= 0.6 is 0 Å². The number of likely N-dealkylation sites (N-methyl/N-ethyl adjacent to an activating group) is 1. The summed E-state index contributed by atoms with van der Waals surface area (Å²) >= 11 is 0. The summed E-state index contributed by atoms with van der Waals surface area (Å²) in [6.07, 6.45) is -1.56. The lowest BCUT2D eigenvalue weighted by atomic mass is 9.93. The molecule has 18 heavy (non-hydrogen) atoms. The molecule has 1 unspecified atom stereocenters.